The first-order valence-electron chi connectivity index (χ1n) is 5.86. The van der Waals surface area contributed by atoms with Gasteiger partial charge in [-0.15, -0.1) is 0 Å². The van der Waals surface area contributed by atoms with Crippen LogP contribution in [0.25, 0.3) is 6.08 Å². The van der Waals surface area contributed by atoms with Crippen molar-refractivity contribution in [3.8, 4) is 11.8 Å². The molecule has 0 aliphatic heterocycles. The number of methoxy groups -OCH3 is 1. The van der Waals surface area contributed by atoms with E-state index in [4.69, 9.17) is 4.74 Å². The SMILES string of the molecule is COc1ccc(C=C(C#N)Sc2cccc[n+]2O)cc1. The molecule has 0 fully saturated rings. The minimum absolute atomic E-state index is 0.490. The van der Waals surface area contributed by atoms with Gasteiger partial charge in [0.25, 0.3) is 5.03 Å². The maximum Gasteiger partial charge on any atom is 0.296 e. The standard InChI is InChI=1S/C15H13N2O2S/c1-19-13-7-5-12(6-8-13)10-14(11-16)20-15-4-2-3-9-17(15)18/h2-10,18H,1H3/q+1. The van der Waals surface area contributed by atoms with Crippen LogP contribution in [0.4, 0.5) is 0 Å². The summed E-state index contributed by atoms with van der Waals surface area (Å²) in [6.07, 6.45) is 3.28. The fourth-order valence-corrected chi connectivity index (χ4v) is 2.32. The summed E-state index contributed by atoms with van der Waals surface area (Å²) < 4.78 is 6.07. The van der Waals surface area contributed by atoms with Gasteiger partial charge in [0.05, 0.1) is 12.0 Å². The van der Waals surface area contributed by atoms with Crippen molar-refractivity contribution < 1.29 is 14.7 Å². The van der Waals surface area contributed by atoms with E-state index >= 15 is 0 Å². The van der Waals surface area contributed by atoms with Gasteiger partial charge >= 0.3 is 0 Å². The van der Waals surface area contributed by atoms with Crippen molar-refractivity contribution in [1.82, 2.24) is 0 Å². The molecule has 0 spiro atoms. The van der Waals surface area contributed by atoms with Crippen LogP contribution in [0.3, 0.4) is 0 Å². The van der Waals surface area contributed by atoms with Gasteiger partial charge < -0.3 is 4.74 Å². The number of ether oxygens (including phenoxy) is 1. The molecule has 20 heavy (non-hydrogen) atoms. The number of rotatable bonds is 4. The highest BCUT2D eigenvalue weighted by atomic mass is 32.2. The van der Waals surface area contributed by atoms with Crippen LogP contribution in [0.2, 0.25) is 0 Å². The largest absolute Gasteiger partial charge is 0.497 e. The van der Waals surface area contributed by atoms with Crippen LogP contribution in [-0.2, 0) is 0 Å². The van der Waals surface area contributed by atoms with E-state index in [1.807, 2.05) is 24.3 Å². The number of aromatic nitrogens is 1. The molecule has 1 aromatic heterocycles. The van der Waals surface area contributed by atoms with Crippen molar-refractivity contribution in [3.05, 3.63) is 59.1 Å². The third kappa shape index (κ3) is 3.53. The van der Waals surface area contributed by atoms with E-state index in [0.717, 1.165) is 16.0 Å². The Labute approximate surface area is 121 Å². The molecule has 2 aromatic rings. The lowest BCUT2D eigenvalue weighted by Crippen LogP contribution is -2.31. The molecule has 0 unspecified atom stereocenters. The summed E-state index contributed by atoms with van der Waals surface area (Å²) in [6, 6.07) is 14.8. The van der Waals surface area contributed by atoms with Gasteiger partial charge in [0.1, 0.15) is 11.8 Å². The number of thioether (sulfide) groups is 1. The van der Waals surface area contributed by atoms with Crippen molar-refractivity contribution in [2.45, 2.75) is 5.03 Å². The summed E-state index contributed by atoms with van der Waals surface area (Å²) >= 11 is 1.20. The molecule has 0 aliphatic carbocycles. The van der Waals surface area contributed by atoms with Crippen LogP contribution in [0.1, 0.15) is 5.56 Å². The lowest BCUT2D eigenvalue weighted by molar-refractivity contribution is -0.932. The summed E-state index contributed by atoms with van der Waals surface area (Å²) in [4.78, 5) is 0.490. The summed E-state index contributed by atoms with van der Waals surface area (Å²) in [5.41, 5.74) is 0.898. The number of nitriles is 1. The average molecular weight is 285 g/mol. The van der Waals surface area contributed by atoms with E-state index in [1.54, 1.807) is 31.4 Å². The Morgan fingerprint density at radius 1 is 1.30 bits per heavy atom. The Balaban J connectivity index is 2.21. The monoisotopic (exact) mass is 285 g/mol. The van der Waals surface area contributed by atoms with Gasteiger partial charge in [0.15, 0.2) is 0 Å². The van der Waals surface area contributed by atoms with Crippen molar-refractivity contribution in [2.24, 2.45) is 0 Å². The number of pyridine rings is 1. The highest BCUT2D eigenvalue weighted by Crippen LogP contribution is 2.25. The minimum Gasteiger partial charge on any atom is -0.497 e. The van der Waals surface area contributed by atoms with Gasteiger partial charge in [-0.3, -0.25) is 5.21 Å². The van der Waals surface area contributed by atoms with Crippen molar-refractivity contribution in [2.75, 3.05) is 7.11 Å². The summed E-state index contributed by atoms with van der Waals surface area (Å²) in [6.45, 7) is 0. The predicted octanol–water partition coefficient (Wildman–Crippen LogP) is 2.88. The van der Waals surface area contributed by atoms with Crippen molar-refractivity contribution in [1.29, 1.82) is 5.26 Å². The van der Waals surface area contributed by atoms with Gasteiger partial charge in [-0.05, 0) is 41.6 Å². The lowest BCUT2D eigenvalue weighted by Gasteiger charge is -2.00. The molecule has 0 amide bonds. The Hall–Kier alpha value is -2.45. The molecule has 0 atom stereocenters. The van der Waals surface area contributed by atoms with Gasteiger partial charge in [-0.1, -0.05) is 12.1 Å². The zero-order chi connectivity index (χ0) is 14.4. The van der Waals surface area contributed by atoms with Crippen LogP contribution in [0, 0.1) is 11.3 Å². The summed E-state index contributed by atoms with van der Waals surface area (Å²) in [7, 11) is 1.61. The van der Waals surface area contributed by atoms with Gasteiger partial charge in [-0.2, -0.15) is 5.26 Å². The van der Waals surface area contributed by atoms with Crippen LogP contribution < -0.4 is 9.47 Å². The molecule has 0 aliphatic rings. The topological polar surface area (TPSA) is 57.1 Å². The van der Waals surface area contributed by atoms with Gasteiger partial charge in [-0.25, -0.2) is 0 Å². The minimum atomic E-state index is 0.490. The second-order valence-electron chi connectivity index (χ2n) is 3.88. The molecule has 0 bridgehead atoms. The average Bonchev–Trinajstić information content (AvgIpc) is 2.49. The van der Waals surface area contributed by atoms with Crippen LogP contribution >= 0.6 is 11.8 Å². The molecule has 1 aromatic carbocycles. The Morgan fingerprint density at radius 2 is 2.05 bits per heavy atom. The molecule has 0 radical (unpaired) electrons. The molecule has 1 N–H and O–H groups in total. The summed E-state index contributed by atoms with van der Waals surface area (Å²) in [5.74, 6) is 0.768. The molecule has 0 saturated heterocycles. The first kappa shape index (κ1) is 14.0. The number of hydrogen-bond acceptors (Lipinski definition) is 4. The molecule has 2 rings (SSSR count). The van der Waals surface area contributed by atoms with E-state index in [9.17, 15) is 10.5 Å². The highest BCUT2D eigenvalue weighted by Gasteiger charge is 2.12. The maximum atomic E-state index is 9.63. The summed E-state index contributed by atoms with van der Waals surface area (Å²) in [5, 5.41) is 19.4. The molecule has 100 valence electrons. The fourth-order valence-electron chi connectivity index (χ4n) is 1.55. The predicted molar refractivity (Wildman–Crippen MR) is 76.3 cm³/mol. The first-order valence-corrected chi connectivity index (χ1v) is 6.68. The first-order chi connectivity index (χ1) is 9.72. The molecule has 5 heteroatoms. The normalized spacial score (nSPS) is 10.9. The van der Waals surface area contributed by atoms with E-state index < -0.39 is 0 Å². The van der Waals surface area contributed by atoms with Gasteiger partial charge in [0, 0.05) is 16.9 Å². The second-order valence-corrected chi connectivity index (χ2v) is 4.94. The van der Waals surface area contributed by atoms with Crippen LogP contribution in [0.5, 0.6) is 5.75 Å². The zero-order valence-electron chi connectivity index (χ0n) is 10.9. The number of nitrogens with zero attached hydrogens (tertiary/aromatic N) is 2. The smallest absolute Gasteiger partial charge is 0.296 e. The Bertz CT molecular complexity index is 660. The van der Waals surface area contributed by atoms with E-state index in [2.05, 4.69) is 6.07 Å². The molecule has 1 heterocycles. The Morgan fingerprint density at radius 3 is 2.65 bits per heavy atom. The highest BCUT2D eigenvalue weighted by molar-refractivity contribution is 8.03. The third-order valence-corrected chi connectivity index (χ3v) is 3.50. The van der Waals surface area contributed by atoms with E-state index in [1.165, 1.54) is 18.0 Å². The fraction of sp³-hybridized carbons (Fsp3) is 0.0667. The second kappa shape index (κ2) is 6.64. The molecule has 4 nitrogen and oxygen atoms in total. The molecular weight excluding hydrogens is 272 g/mol. The van der Waals surface area contributed by atoms with E-state index in [0.29, 0.717) is 9.93 Å². The van der Waals surface area contributed by atoms with Gasteiger partial charge in [0.2, 0.25) is 6.20 Å². The van der Waals surface area contributed by atoms with Crippen molar-refractivity contribution in [3.63, 3.8) is 0 Å². The van der Waals surface area contributed by atoms with Crippen molar-refractivity contribution >= 4 is 17.8 Å². The number of allylic oxidation sites excluding steroid dienone is 1. The quantitative estimate of drug-likeness (QED) is 0.406. The Kier molecular flexibility index (Phi) is 4.64. The number of hydrogen-bond donors (Lipinski definition) is 1. The molecule has 0 saturated carbocycles. The van der Waals surface area contributed by atoms with Crippen LogP contribution in [-0.4, -0.2) is 12.3 Å². The lowest BCUT2D eigenvalue weighted by atomic mass is 10.2. The maximum absolute atomic E-state index is 9.63. The number of benzene rings is 1. The zero-order valence-corrected chi connectivity index (χ0v) is 11.7. The van der Waals surface area contributed by atoms with Crippen LogP contribution in [0.15, 0.2) is 58.6 Å². The third-order valence-electron chi connectivity index (χ3n) is 2.54. The molecular formula is C15H13N2O2S+. The van der Waals surface area contributed by atoms with E-state index in [-0.39, 0.29) is 0 Å².